The maximum Gasteiger partial charge on any atom is 0.408 e. The lowest BCUT2D eigenvalue weighted by Crippen LogP contribution is -2.39. The Hall–Kier alpha value is -0.990. The molecule has 1 N–H and O–H groups in total. The summed E-state index contributed by atoms with van der Waals surface area (Å²) in [4.78, 5) is 12.0. The highest BCUT2D eigenvalue weighted by molar-refractivity contribution is 5.68. The highest BCUT2D eigenvalue weighted by Crippen LogP contribution is 2.27. The van der Waals surface area contributed by atoms with Crippen molar-refractivity contribution < 1.29 is 9.53 Å². The van der Waals surface area contributed by atoms with E-state index in [0.717, 1.165) is 12.3 Å². The standard InChI is InChI=1S/C18H33NO2/c1-14(2)11-12-16(13-15-9-7-6-8-10-15)19-17(20)21-18(3,4)5/h11-12,14-16H,6-10,13H2,1-5H3,(H,19,20)/b12-11+. The van der Waals surface area contributed by atoms with Crippen molar-refractivity contribution in [3.8, 4) is 0 Å². The molecule has 1 saturated carbocycles. The van der Waals surface area contributed by atoms with Crippen LogP contribution in [0.15, 0.2) is 12.2 Å². The van der Waals surface area contributed by atoms with Crippen molar-refractivity contribution in [3.63, 3.8) is 0 Å². The zero-order valence-electron chi connectivity index (χ0n) is 14.4. The van der Waals surface area contributed by atoms with Gasteiger partial charge in [0, 0.05) is 0 Å². The summed E-state index contributed by atoms with van der Waals surface area (Å²) in [5.41, 5.74) is -0.443. The van der Waals surface area contributed by atoms with Gasteiger partial charge in [-0.25, -0.2) is 4.79 Å². The van der Waals surface area contributed by atoms with Gasteiger partial charge in [0.05, 0.1) is 6.04 Å². The van der Waals surface area contributed by atoms with Gasteiger partial charge in [-0.2, -0.15) is 0 Å². The molecule has 1 amide bonds. The second-order valence-electron chi connectivity index (χ2n) is 7.62. The molecular weight excluding hydrogens is 262 g/mol. The highest BCUT2D eigenvalue weighted by Gasteiger charge is 2.22. The Morgan fingerprint density at radius 3 is 2.33 bits per heavy atom. The molecule has 0 heterocycles. The van der Waals surface area contributed by atoms with Gasteiger partial charge in [-0.05, 0) is 39.0 Å². The minimum Gasteiger partial charge on any atom is -0.444 e. The van der Waals surface area contributed by atoms with Crippen LogP contribution in [0.2, 0.25) is 0 Å². The van der Waals surface area contributed by atoms with Crippen molar-refractivity contribution in [3.05, 3.63) is 12.2 Å². The number of hydrogen-bond donors (Lipinski definition) is 1. The third kappa shape index (κ3) is 8.79. The summed E-state index contributed by atoms with van der Waals surface area (Å²) in [7, 11) is 0. The number of alkyl carbamates (subject to hydrolysis) is 1. The van der Waals surface area contributed by atoms with E-state index in [9.17, 15) is 4.79 Å². The number of carbonyl (C=O) groups excluding carboxylic acids is 1. The van der Waals surface area contributed by atoms with Crippen molar-refractivity contribution in [2.75, 3.05) is 0 Å². The number of allylic oxidation sites excluding steroid dienone is 1. The summed E-state index contributed by atoms with van der Waals surface area (Å²) < 4.78 is 5.38. The van der Waals surface area contributed by atoms with E-state index in [1.165, 1.54) is 32.1 Å². The van der Waals surface area contributed by atoms with Crippen LogP contribution < -0.4 is 5.32 Å². The lowest BCUT2D eigenvalue weighted by atomic mass is 9.84. The molecule has 3 heteroatoms. The van der Waals surface area contributed by atoms with Crippen LogP contribution in [0, 0.1) is 11.8 Å². The largest absolute Gasteiger partial charge is 0.444 e. The quantitative estimate of drug-likeness (QED) is 0.720. The normalized spacial score (nSPS) is 19.0. The van der Waals surface area contributed by atoms with Gasteiger partial charge in [-0.1, -0.05) is 58.1 Å². The minimum absolute atomic E-state index is 0.0883. The van der Waals surface area contributed by atoms with Gasteiger partial charge in [0.2, 0.25) is 0 Å². The number of amides is 1. The molecule has 0 aromatic rings. The topological polar surface area (TPSA) is 38.3 Å². The number of ether oxygens (including phenoxy) is 1. The molecule has 1 fully saturated rings. The van der Waals surface area contributed by atoms with E-state index in [0.29, 0.717) is 5.92 Å². The molecule has 1 rings (SSSR count). The Labute approximate surface area is 130 Å². The van der Waals surface area contributed by atoms with E-state index in [-0.39, 0.29) is 12.1 Å². The summed E-state index contributed by atoms with van der Waals surface area (Å²) in [5.74, 6) is 1.23. The van der Waals surface area contributed by atoms with Crippen molar-refractivity contribution >= 4 is 6.09 Å². The predicted molar refractivity (Wildman–Crippen MR) is 88.3 cm³/mol. The molecule has 0 aromatic heterocycles. The number of rotatable bonds is 5. The van der Waals surface area contributed by atoms with Gasteiger partial charge in [0.25, 0.3) is 0 Å². The first-order valence-electron chi connectivity index (χ1n) is 8.44. The lowest BCUT2D eigenvalue weighted by molar-refractivity contribution is 0.0507. The molecule has 0 saturated heterocycles. The molecule has 1 unspecified atom stereocenters. The Bertz CT molecular complexity index is 336. The van der Waals surface area contributed by atoms with Gasteiger partial charge >= 0.3 is 6.09 Å². The number of carbonyl (C=O) groups is 1. The van der Waals surface area contributed by atoms with Gasteiger partial charge < -0.3 is 10.1 Å². The summed E-state index contributed by atoms with van der Waals surface area (Å²) in [6.07, 6.45) is 11.6. The summed E-state index contributed by atoms with van der Waals surface area (Å²) in [6.45, 7) is 10.00. The van der Waals surface area contributed by atoms with Crippen LogP contribution in [-0.4, -0.2) is 17.7 Å². The molecule has 3 nitrogen and oxygen atoms in total. The first-order chi connectivity index (χ1) is 9.76. The van der Waals surface area contributed by atoms with Crippen LogP contribution >= 0.6 is 0 Å². The van der Waals surface area contributed by atoms with Crippen LogP contribution in [0.5, 0.6) is 0 Å². The van der Waals surface area contributed by atoms with Crippen molar-refractivity contribution in [2.24, 2.45) is 11.8 Å². The Morgan fingerprint density at radius 2 is 1.81 bits per heavy atom. The highest BCUT2D eigenvalue weighted by atomic mass is 16.6. The Balaban J connectivity index is 2.56. The Morgan fingerprint density at radius 1 is 1.19 bits per heavy atom. The van der Waals surface area contributed by atoms with Crippen LogP contribution in [0.25, 0.3) is 0 Å². The van der Waals surface area contributed by atoms with E-state index in [4.69, 9.17) is 4.74 Å². The molecule has 0 bridgehead atoms. The van der Waals surface area contributed by atoms with E-state index in [2.05, 4.69) is 31.3 Å². The maximum absolute atomic E-state index is 12.0. The first kappa shape index (κ1) is 18.1. The fourth-order valence-corrected chi connectivity index (χ4v) is 2.78. The fourth-order valence-electron chi connectivity index (χ4n) is 2.78. The molecule has 0 spiro atoms. The van der Waals surface area contributed by atoms with Gasteiger partial charge in [0.1, 0.15) is 5.60 Å². The average Bonchev–Trinajstić information content (AvgIpc) is 2.34. The summed E-state index contributed by atoms with van der Waals surface area (Å²) >= 11 is 0. The smallest absolute Gasteiger partial charge is 0.408 e. The Kier molecular flexibility index (Phi) is 7.27. The lowest BCUT2D eigenvalue weighted by Gasteiger charge is -2.27. The first-order valence-corrected chi connectivity index (χ1v) is 8.44. The third-order valence-electron chi connectivity index (χ3n) is 3.74. The zero-order chi connectivity index (χ0) is 15.9. The number of hydrogen-bond acceptors (Lipinski definition) is 2. The zero-order valence-corrected chi connectivity index (χ0v) is 14.4. The van der Waals surface area contributed by atoms with E-state index >= 15 is 0 Å². The van der Waals surface area contributed by atoms with Crippen molar-refractivity contribution in [1.29, 1.82) is 0 Å². The van der Waals surface area contributed by atoms with E-state index < -0.39 is 5.60 Å². The van der Waals surface area contributed by atoms with E-state index in [1.807, 2.05) is 20.8 Å². The fraction of sp³-hybridized carbons (Fsp3) is 0.833. The van der Waals surface area contributed by atoms with Gasteiger partial charge in [-0.3, -0.25) is 0 Å². The van der Waals surface area contributed by atoms with Crippen LogP contribution in [0.3, 0.4) is 0 Å². The molecule has 21 heavy (non-hydrogen) atoms. The molecule has 122 valence electrons. The van der Waals surface area contributed by atoms with Crippen molar-refractivity contribution in [2.45, 2.75) is 84.8 Å². The molecule has 1 atom stereocenters. The summed E-state index contributed by atoms with van der Waals surface area (Å²) in [6, 6.07) is 0.0883. The van der Waals surface area contributed by atoms with Crippen molar-refractivity contribution in [1.82, 2.24) is 5.32 Å². The average molecular weight is 295 g/mol. The predicted octanol–water partition coefficient (Wildman–Crippen LogP) is 5.06. The van der Waals surface area contributed by atoms with E-state index in [1.54, 1.807) is 0 Å². The van der Waals surface area contributed by atoms with Crippen LogP contribution in [0.1, 0.15) is 73.1 Å². The van der Waals surface area contributed by atoms with Crippen LogP contribution in [-0.2, 0) is 4.74 Å². The number of nitrogens with one attached hydrogen (secondary N) is 1. The SMILES string of the molecule is CC(C)/C=C/C(CC1CCCCC1)NC(=O)OC(C)(C)C. The monoisotopic (exact) mass is 295 g/mol. The molecule has 1 aliphatic rings. The molecule has 0 radical (unpaired) electrons. The van der Waals surface area contributed by atoms with Gasteiger partial charge in [-0.15, -0.1) is 0 Å². The third-order valence-corrected chi connectivity index (χ3v) is 3.74. The molecular formula is C18H33NO2. The second kappa shape index (κ2) is 8.45. The van der Waals surface area contributed by atoms with Crippen LogP contribution in [0.4, 0.5) is 4.79 Å². The molecule has 1 aliphatic carbocycles. The minimum atomic E-state index is -0.443. The van der Waals surface area contributed by atoms with Gasteiger partial charge in [0.15, 0.2) is 0 Å². The summed E-state index contributed by atoms with van der Waals surface area (Å²) in [5, 5.41) is 3.03. The molecule has 0 aromatic carbocycles. The second-order valence-corrected chi connectivity index (χ2v) is 7.62. The maximum atomic E-state index is 12.0. The molecule has 0 aliphatic heterocycles.